The molecular formula is C12H16BrN3O. The summed E-state index contributed by atoms with van der Waals surface area (Å²) in [6, 6.07) is 0.668. The van der Waals surface area contributed by atoms with Crippen LogP contribution in [0.15, 0.2) is 17.0 Å². The number of rotatable bonds is 4. The molecule has 1 saturated heterocycles. The molecule has 0 aromatic carbocycles. The van der Waals surface area contributed by atoms with Crippen molar-refractivity contribution >= 4 is 21.7 Å². The predicted octanol–water partition coefficient (Wildman–Crippen LogP) is 2.24. The second-order valence-corrected chi connectivity index (χ2v) is 5.66. The molecule has 1 aliphatic carbocycles. The monoisotopic (exact) mass is 297 g/mol. The van der Waals surface area contributed by atoms with Crippen molar-refractivity contribution in [2.75, 3.05) is 24.7 Å². The number of hydrogen-bond donors (Lipinski definition) is 0. The second kappa shape index (κ2) is 4.90. The van der Waals surface area contributed by atoms with Crippen LogP contribution in [0.3, 0.4) is 0 Å². The first kappa shape index (κ1) is 11.4. The SMILES string of the molecule is Brc1cncnc1N(C[C@H]1CCOC1)C1CC1. The normalized spacial score (nSPS) is 23.9. The molecule has 4 nitrogen and oxygen atoms in total. The number of halogens is 1. The summed E-state index contributed by atoms with van der Waals surface area (Å²) in [6.07, 6.45) is 7.18. The van der Waals surface area contributed by atoms with Gasteiger partial charge in [0.1, 0.15) is 12.1 Å². The summed E-state index contributed by atoms with van der Waals surface area (Å²) in [4.78, 5) is 10.9. The molecule has 1 saturated carbocycles. The van der Waals surface area contributed by atoms with E-state index in [0.717, 1.165) is 30.0 Å². The highest BCUT2D eigenvalue weighted by Crippen LogP contribution is 2.35. The zero-order chi connectivity index (χ0) is 11.7. The van der Waals surface area contributed by atoms with Crippen molar-refractivity contribution in [3.05, 3.63) is 17.0 Å². The molecule has 92 valence electrons. The van der Waals surface area contributed by atoms with Crippen LogP contribution in [0.25, 0.3) is 0 Å². The molecular weight excluding hydrogens is 282 g/mol. The van der Waals surface area contributed by atoms with E-state index in [1.807, 2.05) is 6.20 Å². The Bertz CT molecular complexity index is 391. The van der Waals surface area contributed by atoms with Crippen LogP contribution in [0.5, 0.6) is 0 Å². The fourth-order valence-electron chi connectivity index (χ4n) is 2.32. The van der Waals surface area contributed by atoms with Gasteiger partial charge in [-0.05, 0) is 35.2 Å². The maximum absolute atomic E-state index is 5.45. The van der Waals surface area contributed by atoms with Crippen molar-refractivity contribution in [2.24, 2.45) is 5.92 Å². The molecule has 2 heterocycles. The van der Waals surface area contributed by atoms with E-state index >= 15 is 0 Å². The Morgan fingerprint density at radius 2 is 2.29 bits per heavy atom. The van der Waals surface area contributed by atoms with Crippen molar-refractivity contribution in [3.63, 3.8) is 0 Å². The third-order valence-electron chi connectivity index (χ3n) is 3.39. The second-order valence-electron chi connectivity index (χ2n) is 4.81. The van der Waals surface area contributed by atoms with E-state index in [0.29, 0.717) is 12.0 Å². The van der Waals surface area contributed by atoms with Crippen molar-refractivity contribution in [1.82, 2.24) is 9.97 Å². The van der Waals surface area contributed by atoms with Crippen LogP contribution in [0, 0.1) is 5.92 Å². The van der Waals surface area contributed by atoms with Crippen molar-refractivity contribution < 1.29 is 4.74 Å². The lowest BCUT2D eigenvalue weighted by Crippen LogP contribution is -2.32. The molecule has 17 heavy (non-hydrogen) atoms. The highest BCUT2D eigenvalue weighted by atomic mass is 79.9. The van der Waals surface area contributed by atoms with Gasteiger partial charge in [0.2, 0.25) is 0 Å². The molecule has 0 N–H and O–H groups in total. The average molecular weight is 298 g/mol. The van der Waals surface area contributed by atoms with Crippen molar-refractivity contribution in [3.8, 4) is 0 Å². The highest BCUT2D eigenvalue weighted by molar-refractivity contribution is 9.10. The Labute approximate surface area is 110 Å². The zero-order valence-electron chi connectivity index (χ0n) is 9.68. The predicted molar refractivity (Wildman–Crippen MR) is 69.0 cm³/mol. The average Bonchev–Trinajstić information content (AvgIpc) is 3.05. The summed E-state index contributed by atoms with van der Waals surface area (Å²) < 4.78 is 6.44. The summed E-state index contributed by atoms with van der Waals surface area (Å²) in [5.41, 5.74) is 0. The van der Waals surface area contributed by atoms with Gasteiger partial charge in [0.05, 0.1) is 11.1 Å². The maximum atomic E-state index is 5.45. The van der Waals surface area contributed by atoms with E-state index in [9.17, 15) is 0 Å². The van der Waals surface area contributed by atoms with Crippen molar-refractivity contribution in [2.45, 2.75) is 25.3 Å². The molecule has 5 heteroatoms. The van der Waals surface area contributed by atoms with Gasteiger partial charge in [-0.25, -0.2) is 9.97 Å². The Kier molecular flexibility index (Phi) is 3.29. The topological polar surface area (TPSA) is 38.2 Å². The van der Waals surface area contributed by atoms with Crippen LogP contribution < -0.4 is 4.90 Å². The molecule has 0 bridgehead atoms. The minimum atomic E-state index is 0.650. The van der Waals surface area contributed by atoms with Crippen LogP contribution in [-0.4, -0.2) is 35.8 Å². The molecule has 0 unspecified atom stereocenters. The van der Waals surface area contributed by atoms with Gasteiger partial charge in [-0.15, -0.1) is 0 Å². The Hall–Kier alpha value is -0.680. The van der Waals surface area contributed by atoms with E-state index in [-0.39, 0.29) is 0 Å². The van der Waals surface area contributed by atoms with Crippen LogP contribution in [0.4, 0.5) is 5.82 Å². The molecule has 2 fully saturated rings. The summed E-state index contributed by atoms with van der Waals surface area (Å²) in [7, 11) is 0. The number of hydrogen-bond acceptors (Lipinski definition) is 4. The molecule has 2 aliphatic rings. The van der Waals surface area contributed by atoms with Gasteiger partial charge in [0, 0.05) is 31.3 Å². The third kappa shape index (κ3) is 2.60. The maximum Gasteiger partial charge on any atom is 0.146 e. The Morgan fingerprint density at radius 3 is 2.94 bits per heavy atom. The summed E-state index contributed by atoms with van der Waals surface area (Å²) in [5, 5.41) is 0. The lowest BCUT2D eigenvalue weighted by molar-refractivity contribution is 0.186. The van der Waals surface area contributed by atoms with E-state index in [1.54, 1.807) is 6.33 Å². The fraction of sp³-hybridized carbons (Fsp3) is 0.667. The first-order chi connectivity index (χ1) is 8.34. The molecule has 1 aliphatic heterocycles. The van der Waals surface area contributed by atoms with Crippen LogP contribution in [-0.2, 0) is 4.74 Å². The minimum absolute atomic E-state index is 0.650. The molecule has 0 spiro atoms. The number of aromatic nitrogens is 2. The van der Waals surface area contributed by atoms with Gasteiger partial charge in [-0.1, -0.05) is 0 Å². The van der Waals surface area contributed by atoms with Gasteiger partial charge in [0.25, 0.3) is 0 Å². The van der Waals surface area contributed by atoms with E-state index < -0.39 is 0 Å². The van der Waals surface area contributed by atoms with Crippen LogP contribution in [0.2, 0.25) is 0 Å². The third-order valence-corrected chi connectivity index (χ3v) is 3.95. The van der Waals surface area contributed by atoms with Gasteiger partial charge >= 0.3 is 0 Å². The Morgan fingerprint density at radius 1 is 1.41 bits per heavy atom. The van der Waals surface area contributed by atoms with Gasteiger partial charge in [0.15, 0.2) is 0 Å². The quantitative estimate of drug-likeness (QED) is 0.854. The van der Waals surface area contributed by atoms with Gasteiger partial charge < -0.3 is 9.64 Å². The number of anilines is 1. The van der Waals surface area contributed by atoms with Crippen molar-refractivity contribution in [1.29, 1.82) is 0 Å². The largest absolute Gasteiger partial charge is 0.381 e. The smallest absolute Gasteiger partial charge is 0.146 e. The van der Waals surface area contributed by atoms with E-state index in [4.69, 9.17) is 4.74 Å². The lowest BCUT2D eigenvalue weighted by Gasteiger charge is -2.26. The zero-order valence-corrected chi connectivity index (χ0v) is 11.3. The lowest BCUT2D eigenvalue weighted by atomic mass is 10.1. The molecule has 1 aromatic heterocycles. The minimum Gasteiger partial charge on any atom is -0.381 e. The summed E-state index contributed by atoms with van der Waals surface area (Å²) in [6.45, 7) is 2.86. The summed E-state index contributed by atoms with van der Waals surface area (Å²) >= 11 is 3.54. The van der Waals surface area contributed by atoms with Crippen LogP contribution >= 0.6 is 15.9 Å². The molecule has 1 aromatic rings. The Balaban J connectivity index is 1.77. The number of ether oxygens (including phenoxy) is 1. The standard InChI is InChI=1S/C12H16BrN3O/c13-11-5-14-8-15-12(11)16(10-1-2-10)6-9-3-4-17-7-9/h5,8-10H,1-4,6-7H2/t9-/m1/s1. The molecule has 0 radical (unpaired) electrons. The summed E-state index contributed by atoms with van der Waals surface area (Å²) in [5.74, 6) is 1.69. The van der Waals surface area contributed by atoms with E-state index in [2.05, 4.69) is 30.8 Å². The van der Waals surface area contributed by atoms with Gasteiger partial charge in [-0.2, -0.15) is 0 Å². The number of nitrogens with zero attached hydrogens (tertiary/aromatic N) is 3. The van der Waals surface area contributed by atoms with E-state index in [1.165, 1.54) is 19.3 Å². The first-order valence-electron chi connectivity index (χ1n) is 6.14. The first-order valence-corrected chi connectivity index (χ1v) is 6.94. The molecule has 3 rings (SSSR count). The highest BCUT2D eigenvalue weighted by Gasteiger charge is 2.33. The van der Waals surface area contributed by atoms with Crippen LogP contribution in [0.1, 0.15) is 19.3 Å². The fourth-order valence-corrected chi connectivity index (χ4v) is 2.77. The molecule has 0 amide bonds. The molecule has 1 atom stereocenters. The van der Waals surface area contributed by atoms with Gasteiger partial charge in [-0.3, -0.25) is 0 Å².